The van der Waals surface area contributed by atoms with Crippen LogP contribution in [0.3, 0.4) is 0 Å². The van der Waals surface area contributed by atoms with Gasteiger partial charge in [-0.15, -0.1) is 0 Å². The molecule has 1 amide bonds. The average molecular weight is 339 g/mol. The van der Waals surface area contributed by atoms with E-state index in [4.69, 9.17) is 4.74 Å². The van der Waals surface area contributed by atoms with Gasteiger partial charge in [-0.3, -0.25) is 4.79 Å². The maximum atomic E-state index is 13.3. The highest BCUT2D eigenvalue weighted by molar-refractivity contribution is 5.86. The molecule has 0 spiro atoms. The van der Waals surface area contributed by atoms with Gasteiger partial charge < -0.3 is 19.1 Å². The van der Waals surface area contributed by atoms with Crippen LogP contribution in [0.2, 0.25) is 0 Å². The van der Waals surface area contributed by atoms with Crippen molar-refractivity contribution in [2.75, 3.05) is 31.2 Å². The molecule has 0 bridgehead atoms. The predicted octanol–water partition coefficient (Wildman–Crippen LogP) is 2.38. The maximum Gasteiger partial charge on any atom is 0.245 e. The summed E-state index contributed by atoms with van der Waals surface area (Å²) in [5.74, 6) is 0.186. The summed E-state index contributed by atoms with van der Waals surface area (Å²) >= 11 is 0. The Kier molecular flexibility index (Phi) is 4.25. The monoisotopic (exact) mass is 339 g/mol. The molecule has 0 N–H and O–H groups in total. The Morgan fingerprint density at radius 3 is 2.84 bits per heavy atom. The zero-order chi connectivity index (χ0) is 17.4. The van der Waals surface area contributed by atoms with Crippen LogP contribution in [-0.4, -0.2) is 47.7 Å². The van der Waals surface area contributed by atoms with E-state index in [1.807, 2.05) is 31.1 Å². The highest BCUT2D eigenvalue weighted by Crippen LogP contribution is 2.31. The van der Waals surface area contributed by atoms with Gasteiger partial charge in [0.1, 0.15) is 6.04 Å². The van der Waals surface area contributed by atoms with Crippen LogP contribution in [-0.2, 0) is 23.0 Å². The Labute approximate surface area is 148 Å². The first-order valence-electron chi connectivity index (χ1n) is 9.01. The third-order valence-electron chi connectivity index (χ3n) is 5.48. The van der Waals surface area contributed by atoms with E-state index in [1.54, 1.807) is 0 Å². The molecule has 2 atom stereocenters. The second-order valence-corrected chi connectivity index (χ2v) is 6.91. The molecule has 1 aromatic carbocycles. The number of fused-ring (bicyclic) bond motifs is 1. The number of anilines is 1. The third-order valence-corrected chi connectivity index (χ3v) is 5.48. The molecular formula is C20H25N3O2. The highest BCUT2D eigenvalue weighted by atomic mass is 16.5. The fraction of sp³-hybridized carbons (Fsp3) is 0.450. The van der Waals surface area contributed by atoms with Crippen LogP contribution in [0, 0.1) is 0 Å². The molecule has 1 saturated heterocycles. The zero-order valence-corrected chi connectivity index (χ0v) is 14.9. The van der Waals surface area contributed by atoms with Crippen molar-refractivity contribution in [2.24, 2.45) is 7.05 Å². The standard InChI is InChI=1S/C20H25N3O2/c1-15(22-11-9-16-6-3-4-7-17(16)22)20(24)23-12-13-25-14-19(23)18-8-5-10-21(18)2/h3-8,10,15,19H,9,11-14H2,1-2H3/t15-,19+/m1/s1. The molecule has 0 aliphatic carbocycles. The summed E-state index contributed by atoms with van der Waals surface area (Å²) in [5.41, 5.74) is 3.66. The topological polar surface area (TPSA) is 37.7 Å². The van der Waals surface area contributed by atoms with E-state index in [1.165, 1.54) is 11.3 Å². The average Bonchev–Trinajstić information content (AvgIpc) is 3.26. The number of carbonyl (C=O) groups excluding carboxylic acids is 1. The largest absolute Gasteiger partial charge is 0.377 e. The number of ether oxygens (including phenoxy) is 1. The molecule has 5 heteroatoms. The Morgan fingerprint density at radius 2 is 2.04 bits per heavy atom. The molecule has 3 heterocycles. The van der Waals surface area contributed by atoms with E-state index in [2.05, 4.69) is 39.8 Å². The lowest BCUT2D eigenvalue weighted by Gasteiger charge is -2.39. The number of aryl methyl sites for hydroxylation is 1. The summed E-state index contributed by atoms with van der Waals surface area (Å²) in [6, 6.07) is 12.3. The number of benzene rings is 1. The van der Waals surface area contributed by atoms with Crippen LogP contribution in [0.25, 0.3) is 0 Å². The van der Waals surface area contributed by atoms with E-state index in [0.29, 0.717) is 19.8 Å². The van der Waals surface area contributed by atoms with Crippen molar-refractivity contribution in [3.8, 4) is 0 Å². The molecule has 5 nitrogen and oxygen atoms in total. The molecule has 2 aromatic rings. The van der Waals surface area contributed by atoms with Crippen molar-refractivity contribution in [1.29, 1.82) is 0 Å². The van der Waals surface area contributed by atoms with E-state index in [9.17, 15) is 4.79 Å². The number of amides is 1. The third kappa shape index (κ3) is 2.82. The van der Waals surface area contributed by atoms with Gasteiger partial charge in [-0.25, -0.2) is 0 Å². The van der Waals surface area contributed by atoms with Crippen molar-refractivity contribution in [2.45, 2.75) is 25.4 Å². The summed E-state index contributed by atoms with van der Waals surface area (Å²) in [6.45, 7) is 4.75. The molecule has 0 radical (unpaired) electrons. The number of rotatable bonds is 3. The van der Waals surface area contributed by atoms with Gasteiger partial charge in [0.2, 0.25) is 5.91 Å². The minimum Gasteiger partial charge on any atom is -0.377 e. The smallest absolute Gasteiger partial charge is 0.245 e. The van der Waals surface area contributed by atoms with E-state index in [-0.39, 0.29) is 18.0 Å². The van der Waals surface area contributed by atoms with Crippen LogP contribution in [0.5, 0.6) is 0 Å². The quantitative estimate of drug-likeness (QED) is 0.862. The van der Waals surface area contributed by atoms with Crippen molar-refractivity contribution in [3.05, 3.63) is 53.9 Å². The van der Waals surface area contributed by atoms with Gasteiger partial charge in [0.15, 0.2) is 0 Å². The van der Waals surface area contributed by atoms with Gasteiger partial charge in [-0.1, -0.05) is 18.2 Å². The van der Waals surface area contributed by atoms with Crippen LogP contribution >= 0.6 is 0 Å². The number of aromatic nitrogens is 1. The number of carbonyl (C=O) groups is 1. The lowest BCUT2D eigenvalue weighted by Crippen LogP contribution is -2.52. The van der Waals surface area contributed by atoms with Crippen molar-refractivity contribution in [1.82, 2.24) is 9.47 Å². The van der Waals surface area contributed by atoms with Crippen molar-refractivity contribution in [3.63, 3.8) is 0 Å². The summed E-state index contributed by atoms with van der Waals surface area (Å²) in [6.07, 6.45) is 3.03. The SMILES string of the molecule is C[C@H](C(=O)N1CCOC[C@H]1c1cccn1C)N1CCc2ccccc21. The Morgan fingerprint density at radius 1 is 1.20 bits per heavy atom. The van der Waals surface area contributed by atoms with Crippen LogP contribution in [0.4, 0.5) is 5.69 Å². The molecular weight excluding hydrogens is 314 g/mol. The first-order valence-corrected chi connectivity index (χ1v) is 9.01. The number of para-hydroxylation sites is 1. The van der Waals surface area contributed by atoms with Crippen LogP contribution < -0.4 is 4.90 Å². The van der Waals surface area contributed by atoms with Gasteiger partial charge >= 0.3 is 0 Å². The number of morpholine rings is 1. The van der Waals surface area contributed by atoms with Gasteiger partial charge in [-0.05, 0) is 37.1 Å². The molecule has 2 aliphatic rings. The molecule has 132 valence electrons. The molecule has 0 unspecified atom stereocenters. The Hall–Kier alpha value is -2.27. The molecule has 4 rings (SSSR count). The molecule has 2 aliphatic heterocycles. The number of nitrogens with zero attached hydrogens (tertiary/aromatic N) is 3. The van der Waals surface area contributed by atoms with Gasteiger partial charge in [0.25, 0.3) is 0 Å². The van der Waals surface area contributed by atoms with Crippen LogP contribution in [0.15, 0.2) is 42.6 Å². The second kappa shape index (κ2) is 6.56. The number of hydrogen-bond donors (Lipinski definition) is 0. The molecule has 1 fully saturated rings. The van der Waals surface area contributed by atoms with Crippen molar-refractivity contribution < 1.29 is 9.53 Å². The first kappa shape index (κ1) is 16.2. The zero-order valence-electron chi connectivity index (χ0n) is 14.9. The predicted molar refractivity (Wildman–Crippen MR) is 97.6 cm³/mol. The molecule has 1 aromatic heterocycles. The lowest BCUT2D eigenvalue weighted by molar-refractivity contribution is -0.141. The van der Waals surface area contributed by atoms with E-state index < -0.39 is 0 Å². The summed E-state index contributed by atoms with van der Waals surface area (Å²) in [7, 11) is 2.02. The molecule has 25 heavy (non-hydrogen) atoms. The fourth-order valence-corrected chi connectivity index (χ4v) is 4.07. The fourth-order valence-electron chi connectivity index (χ4n) is 4.07. The maximum absolute atomic E-state index is 13.3. The van der Waals surface area contributed by atoms with Crippen LogP contribution in [0.1, 0.15) is 24.2 Å². The summed E-state index contributed by atoms with van der Waals surface area (Å²) in [4.78, 5) is 17.6. The Bertz CT molecular complexity index is 770. The normalized spacial score (nSPS) is 21.3. The summed E-state index contributed by atoms with van der Waals surface area (Å²) < 4.78 is 7.76. The highest BCUT2D eigenvalue weighted by Gasteiger charge is 2.36. The number of hydrogen-bond acceptors (Lipinski definition) is 3. The van der Waals surface area contributed by atoms with Gasteiger partial charge in [0, 0.05) is 37.7 Å². The minimum atomic E-state index is -0.162. The second-order valence-electron chi connectivity index (χ2n) is 6.91. The van der Waals surface area contributed by atoms with E-state index >= 15 is 0 Å². The Balaban J connectivity index is 1.58. The molecule has 0 saturated carbocycles. The minimum absolute atomic E-state index is 0.0125. The van der Waals surface area contributed by atoms with Gasteiger partial charge in [-0.2, -0.15) is 0 Å². The first-order chi connectivity index (χ1) is 12.2. The lowest BCUT2D eigenvalue weighted by atomic mass is 10.1. The van der Waals surface area contributed by atoms with E-state index in [0.717, 1.165) is 18.7 Å². The summed E-state index contributed by atoms with van der Waals surface area (Å²) in [5, 5.41) is 0. The van der Waals surface area contributed by atoms with Crippen molar-refractivity contribution >= 4 is 11.6 Å². The van der Waals surface area contributed by atoms with Gasteiger partial charge in [0.05, 0.1) is 19.3 Å².